The molecule has 1 fully saturated rings. The van der Waals surface area contributed by atoms with Crippen LogP contribution < -0.4 is 5.32 Å². The number of carboxylic acid groups (broad SMARTS) is 1. The van der Waals surface area contributed by atoms with Crippen molar-refractivity contribution in [1.29, 1.82) is 0 Å². The third-order valence-electron chi connectivity index (χ3n) is 4.00. The summed E-state index contributed by atoms with van der Waals surface area (Å²) in [5, 5.41) is 11.3. The van der Waals surface area contributed by atoms with E-state index in [0.29, 0.717) is 4.90 Å². The first-order chi connectivity index (χ1) is 14.2. The molecule has 0 aromatic rings. The van der Waals surface area contributed by atoms with Gasteiger partial charge >= 0.3 is 24.1 Å². The van der Waals surface area contributed by atoms with Gasteiger partial charge < -0.3 is 34.1 Å². The summed E-state index contributed by atoms with van der Waals surface area (Å²) in [5.41, 5.74) is -1.05. The molecule has 0 aromatic carbocycles. The van der Waals surface area contributed by atoms with Crippen molar-refractivity contribution in [3.8, 4) is 0 Å². The van der Waals surface area contributed by atoms with E-state index < -0.39 is 74.2 Å². The predicted molar refractivity (Wildman–Crippen MR) is 95.5 cm³/mol. The van der Waals surface area contributed by atoms with Crippen LogP contribution in [-0.4, -0.2) is 92.5 Å². The molecule has 1 aliphatic heterocycles. The number of carbonyl (C=O) groups excluding carboxylic acids is 2. The van der Waals surface area contributed by atoms with Gasteiger partial charge in [0.15, 0.2) is 0 Å². The zero-order valence-electron chi connectivity index (χ0n) is 17.7. The number of rotatable bonds is 8. The third-order valence-corrected chi connectivity index (χ3v) is 4.00. The lowest BCUT2D eigenvalue weighted by atomic mass is 9.90. The summed E-state index contributed by atoms with van der Waals surface area (Å²) in [6.07, 6.45) is -11.2. The van der Waals surface area contributed by atoms with Gasteiger partial charge in [-0.3, -0.25) is 14.5 Å². The van der Waals surface area contributed by atoms with Crippen molar-refractivity contribution in [2.75, 3.05) is 34.4 Å². The number of ether oxygens (including phenoxy) is 5. The van der Waals surface area contributed by atoms with Crippen LogP contribution in [0.5, 0.6) is 0 Å². The second-order valence-electron chi connectivity index (χ2n) is 7.57. The topological polar surface area (TPSA) is 133 Å². The van der Waals surface area contributed by atoms with Crippen molar-refractivity contribution in [1.82, 2.24) is 10.2 Å². The van der Waals surface area contributed by atoms with E-state index in [1.807, 2.05) is 0 Å². The minimum atomic E-state index is -5.28. The maximum atomic E-state index is 12.9. The maximum absolute atomic E-state index is 12.9. The van der Waals surface area contributed by atoms with E-state index in [9.17, 15) is 32.7 Å². The predicted octanol–water partition coefficient (Wildman–Crippen LogP) is 0.921. The van der Waals surface area contributed by atoms with Crippen molar-refractivity contribution in [3.05, 3.63) is 0 Å². The molecule has 14 heteroatoms. The van der Waals surface area contributed by atoms with Gasteiger partial charge in [0.2, 0.25) is 0 Å². The quantitative estimate of drug-likeness (QED) is 0.507. The van der Waals surface area contributed by atoms with Gasteiger partial charge in [-0.05, 0) is 20.8 Å². The lowest BCUT2D eigenvalue weighted by Gasteiger charge is -2.47. The smallest absolute Gasteiger partial charge is 0.471 e. The number of piperidine rings is 1. The Morgan fingerprint density at radius 2 is 1.55 bits per heavy atom. The van der Waals surface area contributed by atoms with Crippen molar-refractivity contribution < 1.29 is 56.3 Å². The molecule has 4 atom stereocenters. The van der Waals surface area contributed by atoms with Gasteiger partial charge in [0.25, 0.3) is 0 Å². The number of likely N-dealkylation sites (tertiary alicyclic amines) is 1. The Morgan fingerprint density at radius 3 is 1.97 bits per heavy atom. The molecule has 0 aromatic heterocycles. The summed E-state index contributed by atoms with van der Waals surface area (Å²) >= 11 is 0. The standard InChI is InChI=1S/C17H27F3N2O9/c1-16(2,3)31-15(26)22-6-9(13(23)24)10(29-7-27-4)11(30-8-28-5)12(22)21-14(25)17(18,19)20/h9-12H,6-8H2,1-5H3,(H,21,25)(H,23,24)/t9-,10-,11+,12+/m1/s1. The van der Waals surface area contributed by atoms with Crippen molar-refractivity contribution in [2.45, 2.75) is 50.9 Å². The number of aliphatic carboxylic acids is 1. The number of nitrogens with zero attached hydrogens (tertiary/aromatic N) is 1. The molecule has 0 saturated carbocycles. The molecule has 180 valence electrons. The first kappa shape index (κ1) is 26.9. The molecule has 1 rings (SSSR count). The number of halogens is 3. The summed E-state index contributed by atoms with van der Waals surface area (Å²) in [4.78, 5) is 36.8. The third kappa shape index (κ3) is 7.79. The minimum Gasteiger partial charge on any atom is -0.481 e. The van der Waals surface area contributed by atoms with E-state index >= 15 is 0 Å². The molecule has 11 nitrogen and oxygen atoms in total. The maximum Gasteiger partial charge on any atom is 0.471 e. The number of alkyl halides is 3. The normalized spacial score (nSPS) is 24.6. The number of amides is 2. The Bertz CT molecular complexity index is 639. The molecule has 0 spiro atoms. The highest BCUT2D eigenvalue weighted by atomic mass is 19.4. The number of hydrogen-bond acceptors (Lipinski definition) is 8. The van der Waals surface area contributed by atoms with Crippen LogP contribution in [0.1, 0.15) is 20.8 Å². The van der Waals surface area contributed by atoms with Gasteiger partial charge in [-0.15, -0.1) is 0 Å². The summed E-state index contributed by atoms with van der Waals surface area (Å²) in [7, 11) is 2.47. The zero-order chi connectivity index (χ0) is 24.0. The Balaban J connectivity index is 3.43. The van der Waals surface area contributed by atoms with Crippen LogP contribution in [0.15, 0.2) is 0 Å². The highest BCUT2D eigenvalue weighted by Crippen LogP contribution is 2.30. The van der Waals surface area contributed by atoms with Gasteiger partial charge in [-0.1, -0.05) is 0 Å². The SMILES string of the molecule is COCO[C@H]1[C@H](OCOC)[C@H](C(=O)O)CN(C(=O)OC(C)(C)C)[C@@H]1NC(=O)C(F)(F)F. The van der Waals surface area contributed by atoms with E-state index in [1.54, 1.807) is 5.32 Å². The summed E-state index contributed by atoms with van der Waals surface area (Å²) < 4.78 is 64.2. The number of hydrogen-bond donors (Lipinski definition) is 2. The van der Waals surface area contributed by atoms with Crippen LogP contribution in [0.3, 0.4) is 0 Å². The number of nitrogens with one attached hydrogen (secondary N) is 1. The molecule has 2 N–H and O–H groups in total. The zero-order valence-corrected chi connectivity index (χ0v) is 17.7. The van der Waals surface area contributed by atoms with Crippen molar-refractivity contribution >= 4 is 18.0 Å². The Hall–Kier alpha value is -2.16. The van der Waals surface area contributed by atoms with Gasteiger partial charge in [-0.2, -0.15) is 13.2 Å². The molecular weight excluding hydrogens is 433 g/mol. The largest absolute Gasteiger partial charge is 0.481 e. The van der Waals surface area contributed by atoms with Crippen LogP contribution in [-0.2, 0) is 33.3 Å². The second-order valence-corrected chi connectivity index (χ2v) is 7.57. The highest BCUT2D eigenvalue weighted by molar-refractivity contribution is 5.83. The highest BCUT2D eigenvalue weighted by Gasteiger charge is 2.53. The lowest BCUT2D eigenvalue weighted by molar-refractivity contribution is -0.219. The van der Waals surface area contributed by atoms with E-state index in [-0.39, 0.29) is 0 Å². The number of carboxylic acids is 1. The van der Waals surface area contributed by atoms with Crippen LogP contribution in [0.4, 0.5) is 18.0 Å². The lowest BCUT2D eigenvalue weighted by Crippen LogP contribution is -2.69. The molecule has 0 bridgehead atoms. The molecule has 0 unspecified atom stereocenters. The number of methoxy groups -OCH3 is 2. The first-order valence-corrected chi connectivity index (χ1v) is 9.04. The molecule has 0 aliphatic carbocycles. The molecule has 2 amide bonds. The van der Waals surface area contributed by atoms with Crippen molar-refractivity contribution in [2.24, 2.45) is 5.92 Å². The van der Waals surface area contributed by atoms with E-state index in [1.165, 1.54) is 35.0 Å². The van der Waals surface area contributed by atoms with E-state index in [4.69, 9.17) is 23.7 Å². The average molecular weight is 460 g/mol. The van der Waals surface area contributed by atoms with Crippen LogP contribution in [0.2, 0.25) is 0 Å². The van der Waals surface area contributed by atoms with E-state index in [2.05, 4.69) is 0 Å². The Kier molecular flexibility index (Phi) is 9.47. The Morgan fingerprint density at radius 1 is 1.03 bits per heavy atom. The van der Waals surface area contributed by atoms with Gasteiger partial charge in [0.1, 0.15) is 43.5 Å². The summed E-state index contributed by atoms with van der Waals surface area (Å²) in [6.45, 7) is 2.98. The van der Waals surface area contributed by atoms with Crippen LogP contribution in [0, 0.1) is 5.92 Å². The first-order valence-electron chi connectivity index (χ1n) is 9.04. The summed E-state index contributed by atoms with van der Waals surface area (Å²) in [5.74, 6) is -5.22. The molecule has 1 aliphatic rings. The fourth-order valence-corrected chi connectivity index (χ4v) is 2.81. The van der Waals surface area contributed by atoms with E-state index in [0.717, 1.165) is 0 Å². The number of carbonyl (C=O) groups is 3. The fraction of sp³-hybridized carbons (Fsp3) is 0.824. The van der Waals surface area contributed by atoms with Crippen LogP contribution >= 0.6 is 0 Å². The second kappa shape index (κ2) is 10.9. The van der Waals surface area contributed by atoms with Crippen LogP contribution in [0.25, 0.3) is 0 Å². The molecule has 0 radical (unpaired) electrons. The monoisotopic (exact) mass is 460 g/mol. The molecular formula is C17H27F3N2O9. The summed E-state index contributed by atoms with van der Waals surface area (Å²) in [6, 6.07) is 0. The average Bonchev–Trinajstić information content (AvgIpc) is 2.62. The molecule has 31 heavy (non-hydrogen) atoms. The minimum absolute atomic E-state index is 0.423. The van der Waals surface area contributed by atoms with Gasteiger partial charge in [-0.25, -0.2) is 4.79 Å². The van der Waals surface area contributed by atoms with Crippen molar-refractivity contribution in [3.63, 3.8) is 0 Å². The van der Waals surface area contributed by atoms with Gasteiger partial charge in [0, 0.05) is 20.8 Å². The molecule has 1 saturated heterocycles. The van der Waals surface area contributed by atoms with Gasteiger partial charge in [0.05, 0.1) is 0 Å². The molecule has 1 heterocycles. The Labute approximate surface area is 176 Å². The fourth-order valence-electron chi connectivity index (χ4n) is 2.81.